The van der Waals surface area contributed by atoms with Crippen LogP contribution in [0.3, 0.4) is 0 Å². The highest BCUT2D eigenvalue weighted by Gasteiger charge is 2.26. The summed E-state index contributed by atoms with van der Waals surface area (Å²) in [5.74, 6) is 0.820. The van der Waals surface area contributed by atoms with Gasteiger partial charge in [-0.05, 0) is 55.4 Å². The fourth-order valence-corrected chi connectivity index (χ4v) is 3.64. The molecule has 1 aliphatic carbocycles. The van der Waals surface area contributed by atoms with Gasteiger partial charge in [0.25, 0.3) is 5.91 Å². The van der Waals surface area contributed by atoms with Crippen LogP contribution in [0.2, 0.25) is 0 Å². The van der Waals surface area contributed by atoms with Crippen LogP contribution in [0.1, 0.15) is 35.2 Å². The first-order valence-corrected chi connectivity index (χ1v) is 7.84. The molecule has 19 heavy (non-hydrogen) atoms. The number of nitrogens with one attached hydrogen (secondary N) is 1. The molecule has 2 atom stereocenters. The van der Waals surface area contributed by atoms with Gasteiger partial charge >= 0.3 is 0 Å². The van der Waals surface area contributed by atoms with E-state index in [4.69, 9.17) is 0 Å². The first-order chi connectivity index (χ1) is 9.11. The molecule has 0 saturated heterocycles. The summed E-state index contributed by atoms with van der Waals surface area (Å²) in [5, 5.41) is 3.99. The second-order valence-corrected chi connectivity index (χ2v) is 5.92. The molecule has 1 N–H and O–H groups in total. The van der Waals surface area contributed by atoms with E-state index in [0.717, 1.165) is 5.33 Å². The fourth-order valence-electron chi connectivity index (χ4n) is 2.79. The minimum Gasteiger partial charge on any atom is -0.352 e. The monoisotopic (exact) mass is 327 g/mol. The minimum atomic E-state index is -0.302. The Morgan fingerprint density at radius 3 is 2.84 bits per heavy atom. The molecular weight excluding hydrogens is 309 g/mol. The van der Waals surface area contributed by atoms with Gasteiger partial charge in [-0.2, -0.15) is 0 Å². The predicted molar refractivity (Wildman–Crippen MR) is 78.1 cm³/mol. The van der Waals surface area contributed by atoms with E-state index in [2.05, 4.69) is 21.2 Å². The third-order valence-corrected chi connectivity index (χ3v) is 4.80. The Morgan fingerprint density at radius 1 is 1.42 bits per heavy atom. The van der Waals surface area contributed by atoms with Crippen molar-refractivity contribution in [3.8, 4) is 0 Å². The number of hydrogen-bond donors (Lipinski definition) is 1. The molecule has 0 bridgehead atoms. The van der Waals surface area contributed by atoms with Crippen LogP contribution >= 0.6 is 15.9 Å². The van der Waals surface area contributed by atoms with Gasteiger partial charge in [0.05, 0.1) is 0 Å². The first kappa shape index (κ1) is 14.5. The second kappa shape index (κ2) is 6.51. The van der Waals surface area contributed by atoms with Crippen LogP contribution in [-0.2, 0) is 0 Å². The van der Waals surface area contributed by atoms with E-state index in [1.165, 1.54) is 31.4 Å². The molecule has 104 valence electrons. The summed E-state index contributed by atoms with van der Waals surface area (Å²) in [6.45, 7) is 2.47. The van der Waals surface area contributed by atoms with E-state index in [1.807, 2.05) is 0 Å². The van der Waals surface area contributed by atoms with Gasteiger partial charge in [0.1, 0.15) is 5.82 Å². The number of alkyl halides is 1. The molecule has 0 aromatic heterocycles. The molecule has 1 fully saturated rings. The van der Waals surface area contributed by atoms with Gasteiger partial charge in [0.15, 0.2) is 0 Å². The zero-order chi connectivity index (χ0) is 13.8. The lowest BCUT2D eigenvalue weighted by molar-refractivity contribution is 0.0944. The topological polar surface area (TPSA) is 29.1 Å². The largest absolute Gasteiger partial charge is 0.352 e. The molecule has 4 heteroatoms. The summed E-state index contributed by atoms with van der Waals surface area (Å²) in [4.78, 5) is 12.1. The van der Waals surface area contributed by atoms with Crippen LogP contribution in [-0.4, -0.2) is 17.8 Å². The van der Waals surface area contributed by atoms with Gasteiger partial charge in [-0.25, -0.2) is 4.39 Å². The number of carbonyl (C=O) groups excluding carboxylic acids is 1. The number of rotatable bonds is 4. The predicted octanol–water partition coefficient (Wildman–Crippen LogP) is 3.68. The van der Waals surface area contributed by atoms with Crippen molar-refractivity contribution in [2.75, 3.05) is 11.9 Å². The number of aryl methyl sites for hydroxylation is 1. The average molecular weight is 328 g/mol. The van der Waals surface area contributed by atoms with Crippen molar-refractivity contribution in [2.45, 2.75) is 26.2 Å². The lowest BCUT2D eigenvalue weighted by Gasteiger charge is -2.18. The second-order valence-electron chi connectivity index (χ2n) is 5.27. The molecule has 1 aromatic rings. The number of hydrogen-bond acceptors (Lipinski definition) is 1. The molecule has 0 radical (unpaired) electrons. The van der Waals surface area contributed by atoms with Crippen LogP contribution in [0.4, 0.5) is 4.39 Å². The summed E-state index contributed by atoms with van der Waals surface area (Å²) in [5.41, 5.74) is 1.25. The van der Waals surface area contributed by atoms with Gasteiger partial charge in [-0.15, -0.1) is 0 Å². The van der Waals surface area contributed by atoms with Crippen LogP contribution in [0, 0.1) is 24.6 Å². The Balaban J connectivity index is 1.94. The fraction of sp³-hybridized carbons (Fsp3) is 0.533. The lowest BCUT2D eigenvalue weighted by atomic mass is 9.98. The lowest BCUT2D eigenvalue weighted by Crippen LogP contribution is -2.31. The summed E-state index contributed by atoms with van der Waals surface area (Å²) in [6.07, 6.45) is 3.66. The molecule has 0 aliphatic heterocycles. The van der Waals surface area contributed by atoms with Crippen molar-refractivity contribution in [2.24, 2.45) is 11.8 Å². The maximum atomic E-state index is 13.0. The van der Waals surface area contributed by atoms with Gasteiger partial charge < -0.3 is 5.32 Å². The SMILES string of the molecule is Cc1cc(F)ccc1C(=O)NCC1CCCC1CBr. The maximum absolute atomic E-state index is 13.0. The number of carbonyl (C=O) groups is 1. The number of amides is 1. The van der Waals surface area contributed by atoms with Gasteiger partial charge in [-0.1, -0.05) is 22.4 Å². The molecule has 2 rings (SSSR count). The van der Waals surface area contributed by atoms with E-state index in [-0.39, 0.29) is 11.7 Å². The maximum Gasteiger partial charge on any atom is 0.251 e. The first-order valence-electron chi connectivity index (χ1n) is 6.72. The Hall–Kier alpha value is -0.900. The molecule has 1 amide bonds. The highest BCUT2D eigenvalue weighted by Crippen LogP contribution is 2.32. The van der Waals surface area contributed by atoms with Gasteiger partial charge in [-0.3, -0.25) is 4.79 Å². The average Bonchev–Trinajstić information content (AvgIpc) is 2.83. The Kier molecular flexibility index (Phi) is 4.97. The molecule has 2 nitrogen and oxygen atoms in total. The van der Waals surface area contributed by atoms with Crippen molar-refractivity contribution in [3.05, 3.63) is 35.1 Å². The third kappa shape index (κ3) is 3.56. The van der Waals surface area contributed by atoms with E-state index >= 15 is 0 Å². The molecule has 2 unspecified atom stereocenters. The summed E-state index contributed by atoms with van der Waals surface area (Å²) < 4.78 is 13.0. The summed E-state index contributed by atoms with van der Waals surface area (Å²) >= 11 is 3.53. The smallest absolute Gasteiger partial charge is 0.251 e. The van der Waals surface area contributed by atoms with Crippen molar-refractivity contribution in [3.63, 3.8) is 0 Å². The van der Waals surface area contributed by atoms with Crippen LogP contribution < -0.4 is 5.32 Å². The van der Waals surface area contributed by atoms with Gasteiger partial charge in [0.2, 0.25) is 0 Å². The Bertz CT molecular complexity index is 463. The molecule has 1 aromatic carbocycles. The molecular formula is C15H19BrFNO. The molecule has 1 saturated carbocycles. The normalized spacial score (nSPS) is 22.5. The minimum absolute atomic E-state index is 0.0993. The van der Waals surface area contributed by atoms with Crippen molar-refractivity contribution in [1.29, 1.82) is 0 Å². The highest BCUT2D eigenvalue weighted by molar-refractivity contribution is 9.09. The van der Waals surface area contributed by atoms with Crippen LogP contribution in [0.25, 0.3) is 0 Å². The van der Waals surface area contributed by atoms with Gasteiger partial charge in [0, 0.05) is 17.4 Å². The standard InChI is InChI=1S/C15H19BrFNO/c1-10-7-13(17)5-6-14(10)15(19)18-9-12-4-2-3-11(12)8-16/h5-7,11-12H,2-4,8-9H2,1H3,(H,18,19). The van der Waals surface area contributed by atoms with E-state index in [0.29, 0.717) is 29.5 Å². The number of halogens is 2. The zero-order valence-corrected chi connectivity index (χ0v) is 12.7. The van der Waals surface area contributed by atoms with E-state index < -0.39 is 0 Å². The number of benzene rings is 1. The quantitative estimate of drug-likeness (QED) is 0.840. The zero-order valence-electron chi connectivity index (χ0n) is 11.1. The Labute approximate surface area is 121 Å². The summed E-state index contributed by atoms with van der Waals surface area (Å²) in [6, 6.07) is 4.28. The molecule has 1 aliphatic rings. The summed E-state index contributed by atoms with van der Waals surface area (Å²) in [7, 11) is 0. The highest BCUT2D eigenvalue weighted by atomic mass is 79.9. The van der Waals surface area contributed by atoms with Crippen molar-refractivity contribution < 1.29 is 9.18 Å². The van der Waals surface area contributed by atoms with Crippen LogP contribution in [0.15, 0.2) is 18.2 Å². The van der Waals surface area contributed by atoms with E-state index in [1.54, 1.807) is 13.0 Å². The molecule has 0 spiro atoms. The Morgan fingerprint density at radius 2 is 2.16 bits per heavy atom. The van der Waals surface area contributed by atoms with Crippen molar-refractivity contribution in [1.82, 2.24) is 5.32 Å². The van der Waals surface area contributed by atoms with Crippen LogP contribution in [0.5, 0.6) is 0 Å². The van der Waals surface area contributed by atoms with E-state index in [9.17, 15) is 9.18 Å². The molecule has 0 heterocycles. The third-order valence-electron chi connectivity index (χ3n) is 3.97. The van der Waals surface area contributed by atoms with Crippen molar-refractivity contribution >= 4 is 21.8 Å².